The molecule has 0 unspecified atom stereocenters. The number of aromatic nitrogens is 6. The van der Waals surface area contributed by atoms with Gasteiger partial charge in [-0.15, -0.1) is 0 Å². The molecule has 0 bridgehead atoms. The van der Waals surface area contributed by atoms with E-state index in [9.17, 15) is 4.39 Å². The number of fused-ring (bicyclic) bond motifs is 1. The predicted molar refractivity (Wildman–Crippen MR) is 104 cm³/mol. The number of halogens is 1. The van der Waals surface area contributed by atoms with E-state index in [1.807, 2.05) is 43.5 Å². The summed E-state index contributed by atoms with van der Waals surface area (Å²) in [6.45, 7) is 5.71. The molecule has 0 amide bonds. The number of nitrogens with zero attached hydrogens (tertiary/aromatic N) is 6. The number of hydrogen-bond acceptors (Lipinski definition) is 7. The van der Waals surface area contributed by atoms with E-state index >= 15 is 0 Å². The zero-order valence-electron chi connectivity index (χ0n) is 15.7. The maximum absolute atomic E-state index is 13.2. The van der Waals surface area contributed by atoms with Crippen molar-refractivity contribution in [2.24, 2.45) is 0 Å². The number of rotatable bonds is 4. The van der Waals surface area contributed by atoms with Gasteiger partial charge < -0.3 is 15.5 Å². The summed E-state index contributed by atoms with van der Waals surface area (Å²) in [6.07, 6.45) is 4.88. The van der Waals surface area contributed by atoms with E-state index in [2.05, 4.69) is 30.2 Å². The third-order valence-corrected chi connectivity index (χ3v) is 4.42. The van der Waals surface area contributed by atoms with Crippen molar-refractivity contribution >= 4 is 17.4 Å². The quantitative estimate of drug-likeness (QED) is 0.562. The van der Waals surface area contributed by atoms with E-state index in [4.69, 9.17) is 5.73 Å². The minimum Gasteiger partial charge on any atom is -0.368 e. The second kappa shape index (κ2) is 6.52. The van der Waals surface area contributed by atoms with Gasteiger partial charge in [0.1, 0.15) is 11.6 Å². The van der Waals surface area contributed by atoms with Crippen molar-refractivity contribution in [3.8, 4) is 11.4 Å². The molecule has 0 fully saturated rings. The zero-order valence-corrected chi connectivity index (χ0v) is 15.7. The van der Waals surface area contributed by atoms with Crippen molar-refractivity contribution in [3.05, 3.63) is 60.2 Å². The average Bonchev–Trinajstić information content (AvgIpc) is 3.02. The molecule has 3 N–H and O–H groups in total. The molecular formula is C19H19FN8. The fourth-order valence-electron chi connectivity index (χ4n) is 2.92. The Morgan fingerprint density at radius 2 is 1.86 bits per heavy atom. The van der Waals surface area contributed by atoms with Crippen molar-refractivity contribution in [1.82, 2.24) is 29.3 Å². The summed E-state index contributed by atoms with van der Waals surface area (Å²) in [5.74, 6) is 1.31. The van der Waals surface area contributed by atoms with Crippen LogP contribution >= 0.6 is 0 Å². The first-order chi connectivity index (χ1) is 13.3. The molecule has 9 heteroatoms. The normalized spacial score (nSPS) is 11.7. The van der Waals surface area contributed by atoms with Gasteiger partial charge in [0.05, 0.1) is 29.1 Å². The van der Waals surface area contributed by atoms with Gasteiger partial charge in [-0.1, -0.05) is 0 Å². The Morgan fingerprint density at radius 1 is 1.04 bits per heavy atom. The van der Waals surface area contributed by atoms with Gasteiger partial charge in [0.15, 0.2) is 5.82 Å². The Kier molecular flexibility index (Phi) is 4.14. The number of hydrogen-bond donors (Lipinski definition) is 2. The Bertz CT molecular complexity index is 1150. The van der Waals surface area contributed by atoms with Crippen molar-refractivity contribution in [2.75, 3.05) is 11.1 Å². The molecule has 4 aromatic rings. The Morgan fingerprint density at radius 3 is 2.61 bits per heavy atom. The van der Waals surface area contributed by atoms with Crippen molar-refractivity contribution in [2.45, 2.75) is 26.3 Å². The van der Waals surface area contributed by atoms with E-state index in [0.29, 0.717) is 17.5 Å². The van der Waals surface area contributed by atoms with Gasteiger partial charge in [-0.25, -0.2) is 9.37 Å². The van der Waals surface area contributed by atoms with Gasteiger partial charge in [0.25, 0.3) is 0 Å². The first-order valence-corrected chi connectivity index (χ1v) is 8.68. The van der Waals surface area contributed by atoms with Crippen LogP contribution in [0.3, 0.4) is 0 Å². The van der Waals surface area contributed by atoms with Gasteiger partial charge in [0, 0.05) is 11.8 Å². The number of nitrogens with one attached hydrogen (secondary N) is 1. The summed E-state index contributed by atoms with van der Waals surface area (Å²) >= 11 is 0. The number of nitrogen functional groups attached to an aromatic ring is 1. The molecule has 0 aliphatic carbocycles. The highest BCUT2D eigenvalue weighted by Crippen LogP contribution is 2.24. The number of pyridine rings is 2. The molecule has 28 heavy (non-hydrogen) atoms. The van der Waals surface area contributed by atoms with E-state index in [-0.39, 0.29) is 5.95 Å². The van der Waals surface area contributed by atoms with Crippen molar-refractivity contribution in [1.29, 1.82) is 0 Å². The monoisotopic (exact) mass is 378 g/mol. The zero-order chi connectivity index (χ0) is 19.9. The molecule has 4 aromatic heterocycles. The first-order valence-electron chi connectivity index (χ1n) is 8.68. The Balaban J connectivity index is 1.70. The van der Waals surface area contributed by atoms with Crippen LogP contribution in [0.4, 0.5) is 16.3 Å². The van der Waals surface area contributed by atoms with Crippen LogP contribution in [0.5, 0.6) is 0 Å². The summed E-state index contributed by atoms with van der Waals surface area (Å²) < 4.78 is 15.1. The van der Waals surface area contributed by atoms with Crippen LogP contribution in [0.1, 0.15) is 25.4 Å². The third kappa shape index (κ3) is 3.34. The summed E-state index contributed by atoms with van der Waals surface area (Å²) in [6, 6.07) is 6.82. The van der Waals surface area contributed by atoms with Crippen LogP contribution in [0.25, 0.3) is 16.9 Å². The van der Waals surface area contributed by atoms with Crippen LogP contribution in [-0.4, -0.2) is 29.3 Å². The lowest BCUT2D eigenvalue weighted by Gasteiger charge is -2.25. The van der Waals surface area contributed by atoms with Crippen LogP contribution in [0, 0.1) is 12.7 Å². The van der Waals surface area contributed by atoms with Crippen LogP contribution in [-0.2, 0) is 5.54 Å². The van der Waals surface area contributed by atoms with E-state index in [1.54, 1.807) is 12.3 Å². The maximum atomic E-state index is 13.2. The van der Waals surface area contributed by atoms with Gasteiger partial charge >= 0.3 is 0 Å². The maximum Gasteiger partial charge on any atom is 0.228 e. The molecule has 4 heterocycles. The molecule has 0 saturated heterocycles. The predicted octanol–water partition coefficient (Wildman–Crippen LogP) is 2.96. The van der Waals surface area contributed by atoms with Crippen molar-refractivity contribution < 1.29 is 4.39 Å². The summed E-state index contributed by atoms with van der Waals surface area (Å²) in [7, 11) is 0. The Hall–Kier alpha value is -3.62. The first kappa shape index (κ1) is 17.8. The number of nitrogens with two attached hydrogens (primary N) is 1. The molecule has 0 saturated carbocycles. The SMILES string of the molecule is Cc1ncc2ccc(-c3nc(N)nc(NC(C)(C)c4ccc(F)cn4)n3)cn12. The summed E-state index contributed by atoms with van der Waals surface area (Å²) in [4.78, 5) is 21.4. The molecule has 4 rings (SSSR count). The largest absolute Gasteiger partial charge is 0.368 e. The standard InChI is InChI=1S/C19H19FN8/c1-11-22-9-14-6-4-12(10-28(11)14)16-24-17(21)26-18(25-16)27-19(2,3)15-7-5-13(20)8-23-15/h4-10H,1-3H3,(H3,21,24,25,26,27). The average molecular weight is 378 g/mol. The lowest BCUT2D eigenvalue weighted by molar-refractivity contribution is 0.567. The lowest BCUT2D eigenvalue weighted by Crippen LogP contribution is -2.30. The number of imidazole rings is 1. The molecule has 0 aromatic carbocycles. The molecule has 0 aliphatic heterocycles. The van der Waals surface area contributed by atoms with Crippen molar-refractivity contribution in [3.63, 3.8) is 0 Å². The molecule has 0 radical (unpaired) electrons. The molecule has 142 valence electrons. The van der Waals surface area contributed by atoms with Gasteiger partial charge in [-0.3, -0.25) is 4.98 Å². The molecule has 0 atom stereocenters. The summed E-state index contributed by atoms with van der Waals surface area (Å²) in [5, 5.41) is 3.20. The Labute approximate surface area is 160 Å². The lowest BCUT2D eigenvalue weighted by atomic mass is 10.0. The van der Waals surface area contributed by atoms with E-state index < -0.39 is 11.4 Å². The van der Waals surface area contributed by atoms with Crippen LogP contribution < -0.4 is 11.1 Å². The molecule has 8 nitrogen and oxygen atoms in total. The van der Waals surface area contributed by atoms with Crippen LogP contribution in [0.2, 0.25) is 0 Å². The number of anilines is 2. The van der Waals surface area contributed by atoms with Gasteiger partial charge in [0.2, 0.25) is 11.9 Å². The van der Waals surface area contributed by atoms with Gasteiger partial charge in [-0.05, 0) is 45.0 Å². The fraction of sp³-hybridized carbons (Fsp3) is 0.211. The highest BCUT2D eigenvalue weighted by Gasteiger charge is 2.24. The van der Waals surface area contributed by atoms with E-state index in [1.165, 1.54) is 12.3 Å². The number of aryl methyl sites for hydroxylation is 1. The highest BCUT2D eigenvalue weighted by atomic mass is 19.1. The molecule has 0 aliphatic rings. The topological polar surface area (TPSA) is 107 Å². The van der Waals surface area contributed by atoms with E-state index in [0.717, 1.165) is 16.9 Å². The molecular weight excluding hydrogens is 359 g/mol. The second-order valence-electron chi connectivity index (χ2n) is 6.97. The minimum atomic E-state index is -0.649. The molecule has 0 spiro atoms. The van der Waals surface area contributed by atoms with Gasteiger partial charge in [-0.2, -0.15) is 15.0 Å². The minimum absolute atomic E-state index is 0.0952. The fourth-order valence-corrected chi connectivity index (χ4v) is 2.92. The summed E-state index contributed by atoms with van der Waals surface area (Å²) in [5.41, 5.74) is 7.66. The smallest absolute Gasteiger partial charge is 0.228 e. The van der Waals surface area contributed by atoms with Crippen LogP contribution in [0.15, 0.2) is 42.9 Å². The third-order valence-electron chi connectivity index (χ3n) is 4.42. The highest BCUT2D eigenvalue weighted by molar-refractivity contribution is 5.61. The second-order valence-corrected chi connectivity index (χ2v) is 6.97.